The van der Waals surface area contributed by atoms with Crippen molar-refractivity contribution >= 4 is 17.6 Å². The summed E-state index contributed by atoms with van der Waals surface area (Å²) in [6.07, 6.45) is 0. The van der Waals surface area contributed by atoms with Crippen LogP contribution in [0.2, 0.25) is 0 Å². The van der Waals surface area contributed by atoms with Gasteiger partial charge in [-0.3, -0.25) is 10.6 Å². The molecule has 0 unspecified atom stereocenters. The Hall–Kier alpha value is -2.66. The van der Waals surface area contributed by atoms with Gasteiger partial charge in [-0.15, -0.1) is 0 Å². The highest BCUT2D eigenvalue weighted by molar-refractivity contribution is 6.00. The highest BCUT2D eigenvalue weighted by Crippen LogP contribution is 2.12. The number of hydrogen-bond donors (Lipinski definition) is 3. The van der Waals surface area contributed by atoms with E-state index in [4.69, 9.17) is 15.4 Å². The zero-order valence-corrected chi connectivity index (χ0v) is 11.0. The van der Waals surface area contributed by atoms with E-state index in [-0.39, 0.29) is 11.9 Å². The van der Waals surface area contributed by atoms with Crippen molar-refractivity contribution in [1.29, 1.82) is 5.41 Å². The molecule has 5 nitrogen and oxygen atoms in total. The fourth-order valence-electron chi connectivity index (χ4n) is 1.67. The molecule has 0 atom stereocenters. The van der Waals surface area contributed by atoms with Crippen molar-refractivity contribution in [3.05, 3.63) is 65.7 Å². The van der Waals surface area contributed by atoms with Gasteiger partial charge in [-0.1, -0.05) is 36.4 Å². The lowest BCUT2D eigenvalue weighted by Crippen LogP contribution is -2.25. The lowest BCUT2D eigenvalue weighted by atomic mass is 10.1. The number of benzene rings is 2. The van der Waals surface area contributed by atoms with E-state index in [0.29, 0.717) is 11.3 Å². The summed E-state index contributed by atoms with van der Waals surface area (Å²) < 4.78 is 5.24. The highest BCUT2D eigenvalue weighted by Gasteiger charge is 2.09. The van der Waals surface area contributed by atoms with Gasteiger partial charge in [0.15, 0.2) is 0 Å². The summed E-state index contributed by atoms with van der Waals surface area (Å²) in [6, 6.07) is 16.2. The fraction of sp³-hybridized carbons (Fsp3) is 0.0667. The first-order chi connectivity index (χ1) is 9.70. The summed E-state index contributed by atoms with van der Waals surface area (Å²) in [5.41, 5.74) is 4.02. The molecule has 102 valence electrons. The van der Waals surface area contributed by atoms with Crippen molar-refractivity contribution in [2.45, 2.75) is 6.92 Å². The van der Waals surface area contributed by atoms with Gasteiger partial charge in [-0.2, -0.15) is 4.99 Å². The number of nitrogens with zero attached hydrogens (tertiary/aromatic N) is 1. The first-order valence-corrected chi connectivity index (χ1v) is 6.07. The van der Waals surface area contributed by atoms with E-state index < -0.39 is 0 Å². The van der Waals surface area contributed by atoms with Gasteiger partial charge in [0.05, 0.1) is 5.69 Å². The Kier molecular flexibility index (Phi) is 4.47. The monoisotopic (exact) mass is 269 g/mol. The summed E-state index contributed by atoms with van der Waals surface area (Å²) >= 11 is 0. The van der Waals surface area contributed by atoms with E-state index in [1.807, 2.05) is 48.8 Å². The third-order valence-corrected chi connectivity index (χ3v) is 2.67. The molecule has 0 radical (unpaired) electrons. The molecule has 2 aromatic rings. The average Bonchev–Trinajstić information content (AvgIpc) is 2.48. The second-order valence-electron chi connectivity index (χ2n) is 4.11. The van der Waals surface area contributed by atoms with Crippen LogP contribution >= 0.6 is 0 Å². The Labute approximate surface area is 117 Å². The lowest BCUT2D eigenvalue weighted by Gasteiger charge is -2.10. The van der Waals surface area contributed by atoms with Crippen molar-refractivity contribution in [2.24, 2.45) is 4.99 Å². The summed E-state index contributed by atoms with van der Waals surface area (Å²) in [5.74, 6) is -0.0840. The predicted molar refractivity (Wildman–Crippen MR) is 77.6 cm³/mol. The van der Waals surface area contributed by atoms with Crippen LogP contribution in [0, 0.1) is 12.3 Å². The predicted octanol–water partition coefficient (Wildman–Crippen LogP) is 3.00. The maximum Gasteiger partial charge on any atom is 0.321 e. The van der Waals surface area contributed by atoms with Crippen molar-refractivity contribution in [1.82, 2.24) is 5.48 Å². The summed E-state index contributed by atoms with van der Waals surface area (Å²) in [7, 11) is 0. The van der Waals surface area contributed by atoms with Crippen LogP contribution in [0.15, 0.2) is 59.6 Å². The first-order valence-electron chi connectivity index (χ1n) is 6.07. The molecule has 2 aromatic carbocycles. The number of amidine groups is 1. The maximum absolute atomic E-state index is 9.05. The van der Waals surface area contributed by atoms with E-state index in [9.17, 15) is 0 Å². The first kappa shape index (κ1) is 13.8. The fourth-order valence-corrected chi connectivity index (χ4v) is 1.67. The second kappa shape index (κ2) is 6.49. The molecule has 2 rings (SSSR count). The number of nitrogens with one attached hydrogen (secondary N) is 2. The zero-order chi connectivity index (χ0) is 14.4. The smallest absolute Gasteiger partial charge is 0.321 e. The number of aliphatic imine (C=N–C) groups is 1. The van der Waals surface area contributed by atoms with Crippen LogP contribution < -0.4 is 5.48 Å². The minimum Gasteiger partial charge on any atom is -0.405 e. The summed E-state index contributed by atoms with van der Waals surface area (Å²) in [4.78, 5) is 4.06. The van der Waals surface area contributed by atoms with E-state index >= 15 is 0 Å². The molecule has 0 aliphatic rings. The molecule has 0 bridgehead atoms. The van der Waals surface area contributed by atoms with Gasteiger partial charge in [-0.05, 0) is 30.7 Å². The highest BCUT2D eigenvalue weighted by atomic mass is 16.6. The number of ether oxygens (including phenoxy) is 1. The van der Waals surface area contributed by atoms with Gasteiger partial charge < -0.3 is 4.74 Å². The maximum atomic E-state index is 9.05. The van der Waals surface area contributed by atoms with Crippen LogP contribution in [0.25, 0.3) is 0 Å². The van der Waals surface area contributed by atoms with Gasteiger partial charge in [0, 0.05) is 5.56 Å². The van der Waals surface area contributed by atoms with Gasteiger partial charge >= 0.3 is 6.02 Å². The SMILES string of the molecule is Cc1ccccc1C(=N)OC(=Nc1ccccc1)NO. The van der Waals surface area contributed by atoms with Crippen molar-refractivity contribution in [2.75, 3.05) is 0 Å². The molecule has 0 fully saturated rings. The summed E-state index contributed by atoms with van der Waals surface area (Å²) in [6.45, 7) is 1.88. The molecule has 20 heavy (non-hydrogen) atoms. The Balaban J connectivity index is 2.17. The molecular formula is C15H15N3O2. The largest absolute Gasteiger partial charge is 0.405 e. The molecule has 3 N–H and O–H groups in total. The zero-order valence-electron chi connectivity index (χ0n) is 11.0. The van der Waals surface area contributed by atoms with Gasteiger partial charge in [0.1, 0.15) is 0 Å². The third kappa shape index (κ3) is 3.43. The standard InChI is InChI=1S/C15H15N3O2/c1-11-7-5-6-10-13(11)14(16)20-15(18-19)17-12-8-3-2-4-9-12/h2-10,16,19H,1H3,(H,17,18). The van der Waals surface area contributed by atoms with Crippen LogP contribution in [0.5, 0.6) is 0 Å². The molecular weight excluding hydrogens is 254 g/mol. The van der Waals surface area contributed by atoms with Crippen LogP contribution in [0.4, 0.5) is 5.69 Å². The number of para-hydroxylation sites is 1. The van der Waals surface area contributed by atoms with E-state index in [2.05, 4.69) is 4.99 Å². The minimum absolute atomic E-state index is 0.0840. The van der Waals surface area contributed by atoms with E-state index in [1.54, 1.807) is 18.2 Å². The van der Waals surface area contributed by atoms with Crippen molar-refractivity contribution < 1.29 is 9.94 Å². The molecule has 0 saturated carbocycles. The van der Waals surface area contributed by atoms with Crippen molar-refractivity contribution in [3.63, 3.8) is 0 Å². The Morgan fingerprint density at radius 3 is 2.40 bits per heavy atom. The van der Waals surface area contributed by atoms with Gasteiger partial charge in [0.2, 0.25) is 5.90 Å². The van der Waals surface area contributed by atoms with Gasteiger partial charge in [-0.25, -0.2) is 5.48 Å². The third-order valence-electron chi connectivity index (χ3n) is 2.67. The topological polar surface area (TPSA) is 77.7 Å². The van der Waals surface area contributed by atoms with Crippen LogP contribution in [0.3, 0.4) is 0 Å². The number of rotatable bonds is 2. The van der Waals surface area contributed by atoms with Gasteiger partial charge in [0.25, 0.3) is 0 Å². The Bertz CT molecular complexity index is 624. The number of hydroxylamine groups is 1. The normalized spacial score (nSPS) is 11.0. The van der Waals surface area contributed by atoms with Crippen LogP contribution in [-0.2, 0) is 4.74 Å². The molecule has 0 heterocycles. The van der Waals surface area contributed by atoms with Crippen molar-refractivity contribution in [3.8, 4) is 0 Å². The molecule has 0 saturated heterocycles. The molecule has 0 aromatic heterocycles. The number of hydrogen-bond acceptors (Lipinski definition) is 4. The summed E-state index contributed by atoms with van der Waals surface area (Å²) in [5, 5.41) is 17.0. The molecule has 5 heteroatoms. The van der Waals surface area contributed by atoms with E-state index in [0.717, 1.165) is 5.56 Å². The van der Waals surface area contributed by atoms with E-state index in [1.165, 1.54) is 0 Å². The molecule has 0 aliphatic heterocycles. The average molecular weight is 269 g/mol. The number of aryl methyl sites for hydroxylation is 1. The minimum atomic E-state index is -0.149. The lowest BCUT2D eigenvalue weighted by molar-refractivity contribution is 0.209. The van der Waals surface area contributed by atoms with Crippen LogP contribution in [-0.4, -0.2) is 17.1 Å². The molecule has 0 aliphatic carbocycles. The Morgan fingerprint density at radius 2 is 1.75 bits per heavy atom. The Morgan fingerprint density at radius 1 is 1.10 bits per heavy atom. The molecule has 0 amide bonds. The van der Waals surface area contributed by atoms with Crippen LogP contribution in [0.1, 0.15) is 11.1 Å². The molecule has 0 spiro atoms. The quantitative estimate of drug-likeness (QED) is 0.445. The second-order valence-corrected chi connectivity index (χ2v) is 4.11.